The van der Waals surface area contributed by atoms with Crippen LogP contribution in [-0.4, -0.2) is 41.4 Å². The van der Waals surface area contributed by atoms with E-state index in [1.54, 1.807) is 0 Å². The van der Waals surface area contributed by atoms with Gasteiger partial charge < -0.3 is 27.2 Å². The zero-order chi connectivity index (χ0) is 14.8. The maximum Gasteiger partial charge on any atom is 0.326 e. The zero-order valence-corrected chi connectivity index (χ0v) is 10.4. The molecule has 0 aliphatic heterocycles. The van der Waals surface area contributed by atoms with Gasteiger partial charge in [0.25, 0.3) is 0 Å². The number of hydrogen-bond donors (Lipinski definition) is 6. The lowest BCUT2D eigenvalue weighted by Crippen LogP contribution is -2.43. The third kappa shape index (κ3) is 9.39. The number of rotatable bonds is 9. The van der Waals surface area contributed by atoms with Crippen LogP contribution < -0.4 is 22.1 Å². The second-order valence-corrected chi connectivity index (χ2v) is 3.93. The zero-order valence-electron chi connectivity index (χ0n) is 10.4. The van der Waals surface area contributed by atoms with Gasteiger partial charge in [0.15, 0.2) is 5.96 Å². The number of nitrogens with one attached hydrogen (secondary N) is 3. The average molecular weight is 273 g/mol. The Labute approximate surface area is 110 Å². The van der Waals surface area contributed by atoms with Gasteiger partial charge in [-0.1, -0.05) is 0 Å². The Morgan fingerprint density at radius 3 is 2.32 bits per heavy atom. The average Bonchev–Trinajstić information content (AvgIpc) is 2.26. The summed E-state index contributed by atoms with van der Waals surface area (Å²) < 4.78 is 0. The highest BCUT2D eigenvalue weighted by Gasteiger charge is 2.21. The summed E-state index contributed by atoms with van der Waals surface area (Å²) in [6, 6.07) is -1.29. The minimum atomic E-state index is -1.30. The Hall–Kier alpha value is -2.32. The molecule has 9 heteroatoms. The molecule has 0 radical (unpaired) electrons. The fraction of sp³-hybridized carbons (Fsp3) is 0.600. The molecule has 2 amide bonds. The van der Waals surface area contributed by atoms with E-state index in [-0.39, 0.29) is 12.4 Å². The third-order valence-corrected chi connectivity index (χ3v) is 2.18. The fourth-order valence-corrected chi connectivity index (χ4v) is 1.30. The number of unbranched alkanes of at least 4 members (excludes halogenated alkanes) is 1. The molecule has 0 heterocycles. The lowest BCUT2D eigenvalue weighted by molar-refractivity contribution is -0.143. The molecule has 19 heavy (non-hydrogen) atoms. The second kappa shape index (κ2) is 8.72. The number of carboxylic acid groups (broad SMARTS) is 1. The predicted octanol–water partition coefficient (Wildman–Crippen LogP) is -1.92. The van der Waals surface area contributed by atoms with Crippen LogP contribution in [0.2, 0.25) is 0 Å². The van der Waals surface area contributed by atoms with Crippen molar-refractivity contribution in [2.45, 2.75) is 31.7 Å². The standard InChI is InChI=1S/C10H19N5O4/c11-7(16)5-6(9(18)19)15-8(17)3-1-2-4-14-10(12)13/h6H,1-5H2,(H2,11,16)(H,15,17)(H,18,19)(H4,12,13,14)/t6-/m0/s1. The van der Waals surface area contributed by atoms with Crippen molar-refractivity contribution in [3.63, 3.8) is 0 Å². The number of hydrogen-bond acceptors (Lipinski definition) is 4. The van der Waals surface area contributed by atoms with Gasteiger partial charge in [-0.25, -0.2) is 4.79 Å². The van der Waals surface area contributed by atoms with E-state index in [1.165, 1.54) is 0 Å². The van der Waals surface area contributed by atoms with Crippen LogP contribution in [0.3, 0.4) is 0 Å². The predicted molar refractivity (Wildman–Crippen MR) is 67.1 cm³/mol. The Balaban J connectivity index is 3.90. The quantitative estimate of drug-likeness (QED) is 0.162. The van der Waals surface area contributed by atoms with Gasteiger partial charge in [0.2, 0.25) is 11.8 Å². The SMILES string of the molecule is N=C(N)NCCCCC(=O)N[C@@H](CC(N)=O)C(=O)O. The molecule has 108 valence electrons. The molecule has 8 N–H and O–H groups in total. The van der Waals surface area contributed by atoms with Gasteiger partial charge in [-0.05, 0) is 12.8 Å². The molecular weight excluding hydrogens is 254 g/mol. The number of nitrogens with two attached hydrogens (primary N) is 2. The van der Waals surface area contributed by atoms with Crippen LogP contribution in [0.1, 0.15) is 25.7 Å². The lowest BCUT2D eigenvalue weighted by Gasteiger charge is -2.12. The topological polar surface area (TPSA) is 171 Å². The van der Waals surface area contributed by atoms with Crippen molar-refractivity contribution in [1.29, 1.82) is 5.41 Å². The van der Waals surface area contributed by atoms with E-state index in [2.05, 4.69) is 10.6 Å². The van der Waals surface area contributed by atoms with Crippen molar-refractivity contribution in [3.05, 3.63) is 0 Å². The van der Waals surface area contributed by atoms with E-state index in [1.807, 2.05) is 0 Å². The molecule has 0 spiro atoms. The van der Waals surface area contributed by atoms with Crippen LogP contribution in [0.15, 0.2) is 0 Å². The fourth-order valence-electron chi connectivity index (χ4n) is 1.30. The molecule has 0 aromatic heterocycles. The summed E-state index contributed by atoms with van der Waals surface area (Å²) in [7, 11) is 0. The highest BCUT2D eigenvalue weighted by atomic mass is 16.4. The van der Waals surface area contributed by atoms with Gasteiger partial charge in [-0.2, -0.15) is 0 Å². The smallest absolute Gasteiger partial charge is 0.326 e. The molecule has 0 aliphatic rings. The number of amides is 2. The molecule has 0 aromatic rings. The van der Waals surface area contributed by atoms with Gasteiger partial charge in [0, 0.05) is 13.0 Å². The minimum absolute atomic E-state index is 0.127. The first-order chi connectivity index (χ1) is 8.82. The van der Waals surface area contributed by atoms with Crippen LogP contribution in [0.5, 0.6) is 0 Å². The second-order valence-electron chi connectivity index (χ2n) is 3.93. The van der Waals surface area contributed by atoms with Crippen molar-refractivity contribution in [1.82, 2.24) is 10.6 Å². The van der Waals surface area contributed by atoms with Crippen molar-refractivity contribution < 1.29 is 19.5 Å². The molecule has 0 aliphatic carbocycles. The van der Waals surface area contributed by atoms with E-state index in [0.717, 1.165) is 0 Å². The van der Waals surface area contributed by atoms with Gasteiger partial charge in [0.05, 0.1) is 6.42 Å². The maximum atomic E-state index is 11.4. The number of carbonyl (C=O) groups excluding carboxylic acids is 2. The number of guanidine groups is 1. The van der Waals surface area contributed by atoms with E-state index in [9.17, 15) is 14.4 Å². The molecular formula is C10H19N5O4. The third-order valence-electron chi connectivity index (χ3n) is 2.18. The largest absolute Gasteiger partial charge is 0.480 e. The lowest BCUT2D eigenvalue weighted by atomic mass is 10.1. The van der Waals surface area contributed by atoms with Crippen molar-refractivity contribution in [2.24, 2.45) is 11.5 Å². The van der Waals surface area contributed by atoms with Gasteiger partial charge in [0.1, 0.15) is 6.04 Å². The first kappa shape index (κ1) is 16.7. The minimum Gasteiger partial charge on any atom is -0.480 e. The van der Waals surface area contributed by atoms with E-state index in [4.69, 9.17) is 22.0 Å². The molecule has 0 unspecified atom stereocenters. The molecule has 0 rings (SSSR count). The highest BCUT2D eigenvalue weighted by molar-refractivity contribution is 5.88. The normalized spacial score (nSPS) is 11.4. The summed E-state index contributed by atoms with van der Waals surface area (Å²) in [5.74, 6) is -2.70. The summed E-state index contributed by atoms with van der Waals surface area (Å²) in [6.07, 6.45) is 0.810. The first-order valence-corrected chi connectivity index (χ1v) is 5.71. The Kier molecular flexibility index (Phi) is 7.66. The molecule has 0 fully saturated rings. The van der Waals surface area contributed by atoms with Crippen LogP contribution in [-0.2, 0) is 14.4 Å². The van der Waals surface area contributed by atoms with E-state index in [0.29, 0.717) is 19.4 Å². The summed E-state index contributed by atoms with van der Waals surface area (Å²) in [6.45, 7) is 0.465. The van der Waals surface area contributed by atoms with Crippen LogP contribution in [0.4, 0.5) is 0 Å². The number of primary amides is 1. The van der Waals surface area contributed by atoms with Gasteiger partial charge >= 0.3 is 5.97 Å². The number of carboxylic acids is 1. The molecule has 0 bridgehead atoms. The molecule has 1 atom stereocenters. The van der Waals surface area contributed by atoms with E-state index < -0.39 is 30.2 Å². The summed E-state index contributed by atoms with van der Waals surface area (Å²) in [4.78, 5) is 32.8. The van der Waals surface area contributed by atoms with Crippen LogP contribution >= 0.6 is 0 Å². The summed E-state index contributed by atoms with van der Waals surface area (Å²) in [5, 5.41) is 20.5. The van der Waals surface area contributed by atoms with Crippen molar-refractivity contribution >= 4 is 23.7 Å². The Morgan fingerprint density at radius 2 is 1.84 bits per heavy atom. The molecule has 0 aromatic carbocycles. The summed E-state index contributed by atoms with van der Waals surface area (Å²) in [5.41, 5.74) is 9.94. The first-order valence-electron chi connectivity index (χ1n) is 5.71. The van der Waals surface area contributed by atoms with Crippen LogP contribution in [0, 0.1) is 5.41 Å². The van der Waals surface area contributed by atoms with Gasteiger partial charge in [-0.3, -0.25) is 15.0 Å². The number of aliphatic carboxylic acids is 1. The Morgan fingerprint density at radius 1 is 1.21 bits per heavy atom. The van der Waals surface area contributed by atoms with Crippen LogP contribution in [0.25, 0.3) is 0 Å². The monoisotopic (exact) mass is 273 g/mol. The molecule has 0 saturated heterocycles. The van der Waals surface area contributed by atoms with Gasteiger partial charge in [-0.15, -0.1) is 0 Å². The maximum absolute atomic E-state index is 11.4. The van der Waals surface area contributed by atoms with Crippen molar-refractivity contribution in [2.75, 3.05) is 6.54 Å². The summed E-state index contributed by atoms with van der Waals surface area (Å²) >= 11 is 0. The van der Waals surface area contributed by atoms with E-state index >= 15 is 0 Å². The van der Waals surface area contributed by atoms with Crippen molar-refractivity contribution in [3.8, 4) is 0 Å². The molecule has 0 saturated carbocycles. The number of carbonyl (C=O) groups is 3. The Bertz CT molecular complexity index is 358. The molecule has 9 nitrogen and oxygen atoms in total. The highest BCUT2D eigenvalue weighted by Crippen LogP contribution is 1.97.